The second-order valence-corrected chi connectivity index (χ2v) is 4.68. The van der Waals surface area contributed by atoms with Gasteiger partial charge in [0.15, 0.2) is 0 Å². The van der Waals surface area contributed by atoms with Crippen molar-refractivity contribution >= 4 is 11.9 Å². The van der Waals surface area contributed by atoms with Crippen molar-refractivity contribution in [3.8, 4) is 0 Å². The van der Waals surface area contributed by atoms with E-state index in [-0.39, 0.29) is 17.7 Å². The number of aliphatic carboxylic acids is 1. The molecule has 2 unspecified atom stereocenters. The minimum absolute atomic E-state index is 0.00393. The Balaban J connectivity index is 2.05. The molecule has 0 spiro atoms. The fourth-order valence-electron chi connectivity index (χ4n) is 2.99. The Hall–Kier alpha value is -1.06. The minimum atomic E-state index is -0.719. The number of amides is 1. The van der Waals surface area contributed by atoms with E-state index >= 15 is 0 Å². The Morgan fingerprint density at radius 2 is 2.00 bits per heavy atom. The van der Waals surface area contributed by atoms with E-state index < -0.39 is 5.97 Å². The quantitative estimate of drug-likeness (QED) is 0.732. The molecule has 2 fully saturated rings. The number of nitrogens with one attached hydrogen (secondary N) is 1. The summed E-state index contributed by atoms with van der Waals surface area (Å²) in [6, 6.07) is 0. The molecule has 2 N–H and O–H groups in total. The highest BCUT2D eigenvalue weighted by atomic mass is 16.4. The molecule has 2 atom stereocenters. The summed E-state index contributed by atoms with van der Waals surface area (Å²) in [7, 11) is 0. The first-order valence-corrected chi connectivity index (χ1v) is 5.68. The Morgan fingerprint density at radius 3 is 2.47 bits per heavy atom. The third-order valence-electron chi connectivity index (χ3n) is 3.71. The highest BCUT2D eigenvalue weighted by molar-refractivity contribution is 5.80. The van der Waals surface area contributed by atoms with Crippen molar-refractivity contribution in [3.05, 3.63) is 0 Å². The number of carboxylic acid groups (broad SMARTS) is 1. The van der Waals surface area contributed by atoms with Gasteiger partial charge in [-0.15, -0.1) is 0 Å². The van der Waals surface area contributed by atoms with Crippen LogP contribution in [0.15, 0.2) is 0 Å². The zero-order valence-corrected chi connectivity index (χ0v) is 8.74. The molecule has 0 bridgehead atoms. The van der Waals surface area contributed by atoms with E-state index in [0.717, 1.165) is 25.7 Å². The largest absolute Gasteiger partial charge is 0.481 e. The van der Waals surface area contributed by atoms with Gasteiger partial charge in [0.25, 0.3) is 0 Å². The monoisotopic (exact) mass is 211 g/mol. The first-order valence-electron chi connectivity index (χ1n) is 5.68. The number of carbonyl (C=O) groups is 2. The van der Waals surface area contributed by atoms with Crippen molar-refractivity contribution in [1.82, 2.24) is 5.32 Å². The van der Waals surface area contributed by atoms with Crippen LogP contribution in [0.3, 0.4) is 0 Å². The lowest BCUT2D eigenvalue weighted by Gasteiger charge is -2.23. The van der Waals surface area contributed by atoms with Crippen LogP contribution in [0.25, 0.3) is 0 Å². The standard InChI is InChI=1S/C11H17NO3/c13-9-5-8(6-12-9)10(11(14)15)7-3-1-2-4-7/h7-8,10H,1-6H2,(H,12,13)(H,14,15). The average Bonchev–Trinajstić information content (AvgIpc) is 2.77. The summed E-state index contributed by atoms with van der Waals surface area (Å²) in [6.07, 6.45) is 4.71. The molecule has 2 rings (SSSR count). The molecule has 0 radical (unpaired) electrons. The zero-order valence-electron chi connectivity index (χ0n) is 8.74. The fraction of sp³-hybridized carbons (Fsp3) is 0.818. The molecular formula is C11H17NO3. The Kier molecular flexibility index (Phi) is 2.93. The molecule has 15 heavy (non-hydrogen) atoms. The highest BCUT2D eigenvalue weighted by Gasteiger charge is 2.39. The summed E-state index contributed by atoms with van der Waals surface area (Å²) in [4.78, 5) is 22.3. The average molecular weight is 211 g/mol. The number of rotatable bonds is 3. The first kappa shape index (κ1) is 10.5. The second-order valence-electron chi connectivity index (χ2n) is 4.68. The molecule has 0 aromatic carbocycles. The number of hydrogen-bond acceptors (Lipinski definition) is 2. The van der Waals surface area contributed by atoms with Crippen molar-refractivity contribution in [2.75, 3.05) is 6.54 Å². The Bertz CT molecular complexity index is 271. The van der Waals surface area contributed by atoms with E-state index in [1.54, 1.807) is 0 Å². The van der Waals surface area contributed by atoms with Crippen LogP contribution in [0.1, 0.15) is 32.1 Å². The van der Waals surface area contributed by atoms with Crippen LogP contribution < -0.4 is 5.32 Å². The van der Waals surface area contributed by atoms with E-state index in [1.165, 1.54) is 0 Å². The van der Waals surface area contributed by atoms with Crippen molar-refractivity contribution in [1.29, 1.82) is 0 Å². The van der Waals surface area contributed by atoms with Crippen molar-refractivity contribution in [2.24, 2.45) is 17.8 Å². The van der Waals surface area contributed by atoms with Crippen molar-refractivity contribution in [2.45, 2.75) is 32.1 Å². The van der Waals surface area contributed by atoms with Crippen LogP contribution in [0.4, 0.5) is 0 Å². The summed E-state index contributed by atoms with van der Waals surface area (Å²) in [5, 5.41) is 12.0. The van der Waals surface area contributed by atoms with Gasteiger partial charge in [0.2, 0.25) is 5.91 Å². The van der Waals surface area contributed by atoms with E-state index in [9.17, 15) is 14.7 Å². The van der Waals surface area contributed by atoms with Gasteiger partial charge in [0.05, 0.1) is 5.92 Å². The minimum Gasteiger partial charge on any atom is -0.481 e. The van der Waals surface area contributed by atoms with Gasteiger partial charge in [-0.2, -0.15) is 0 Å². The Morgan fingerprint density at radius 1 is 1.33 bits per heavy atom. The van der Waals surface area contributed by atoms with Crippen molar-refractivity contribution in [3.63, 3.8) is 0 Å². The number of carbonyl (C=O) groups excluding carboxylic acids is 1. The van der Waals surface area contributed by atoms with E-state index in [0.29, 0.717) is 18.9 Å². The van der Waals surface area contributed by atoms with Gasteiger partial charge < -0.3 is 10.4 Å². The molecule has 4 heteroatoms. The molecule has 0 aromatic heterocycles. The van der Waals surface area contributed by atoms with Crippen LogP contribution in [-0.2, 0) is 9.59 Å². The van der Waals surface area contributed by atoms with Crippen LogP contribution in [0.2, 0.25) is 0 Å². The van der Waals surface area contributed by atoms with Crippen LogP contribution >= 0.6 is 0 Å². The topological polar surface area (TPSA) is 66.4 Å². The van der Waals surface area contributed by atoms with Gasteiger partial charge in [-0.25, -0.2) is 0 Å². The SMILES string of the molecule is O=C1CC(C(C(=O)O)C2CCCC2)CN1. The summed E-state index contributed by atoms with van der Waals surface area (Å²) in [5.74, 6) is -0.725. The third-order valence-corrected chi connectivity index (χ3v) is 3.71. The molecule has 0 aromatic rings. The summed E-state index contributed by atoms with van der Waals surface area (Å²) in [6.45, 7) is 0.548. The molecular weight excluding hydrogens is 194 g/mol. The lowest BCUT2D eigenvalue weighted by Crippen LogP contribution is -2.31. The molecule has 2 aliphatic rings. The normalized spacial score (nSPS) is 29.1. The number of hydrogen-bond donors (Lipinski definition) is 2. The third kappa shape index (κ3) is 2.13. The van der Waals surface area contributed by atoms with Crippen LogP contribution in [0, 0.1) is 17.8 Å². The molecule has 84 valence electrons. The maximum Gasteiger partial charge on any atom is 0.307 e. The molecule has 1 aliphatic carbocycles. The maximum absolute atomic E-state index is 11.2. The Labute approximate surface area is 89.0 Å². The molecule has 1 saturated heterocycles. The van der Waals surface area contributed by atoms with E-state index in [4.69, 9.17) is 0 Å². The molecule has 1 amide bonds. The van der Waals surface area contributed by atoms with Gasteiger partial charge in [-0.1, -0.05) is 12.8 Å². The van der Waals surface area contributed by atoms with E-state index in [1.807, 2.05) is 0 Å². The molecule has 1 heterocycles. The second kappa shape index (κ2) is 4.21. The predicted octanol–water partition coefficient (Wildman–Crippen LogP) is 1.01. The fourth-order valence-corrected chi connectivity index (χ4v) is 2.99. The smallest absolute Gasteiger partial charge is 0.307 e. The predicted molar refractivity (Wildman–Crippen MR) is 54.2 cm³/mol. The molecule has 1 saturated carbocycles. The van der Waals surface area contributed by atoms with Crippen LogP contribution in [-0.4, -0.2) is 23.5 Å². The van der Waals surface area contributed by atoms with Gasteiger partial charge in [-0.3, -0.25) is 9.59 Å². The first-order chi connectivity index (χ1) is 7.18. The van der Waals surface area contributed by atoms with Gasteiger partial charge in [0, 0.05) is 13.0 Å². The van der Waals surface area contributed by atoms with Gasteiger partial charge in [0.1, 0.15) is 0 Å². The lowest BCUT2D eigenvalue weighted by molar-refractivity contribution is -0.145. The summed E-state index contributed by atoms with van der Waals surface area (Å²) in [5.41, 5.74) is 0. The lowest BCUT2D eigenvalue weighted by atomic mass is 9.80. The van der Waals surface area contributed by atoms with Gasteiger partial charge in [-0.05, 0) is 24.7 Å². The summed E-state index contributed by atoms with van der Waals surface area (Å²) >= 11 is 0. The molecule has 1 aliphatic heterocycles. The van der Waals surface area contributed by atoms with E-state index in [2.05, 4.69) is 5.32 Å². The van der Waals surface area contributed by atoms with Crippen molar-refractivity contribution < 1.29 is 14.7 Å². The summed E-state index contributed by atoms with van der Waals surface area (Å²) < 4.78 is 0. The number of carboxylic acids is 1. The highest BCUT2D eigenvalue weighted by Crippen LogP contribution is 2.37. The maximum atomic E-state index is 11.2. The van der Waals surface area contributed by atoms with Gasteiger partial charge >= 0.3 is 5.97 Å². The van der Waals surface area contributed by atoms with Crippen LogP contribution in [0.5, 0.6) is 0 Å². The zero-order chi connectivity index (χ0) is 10.8. The molecule has 4 nitrogen and oxygen atoms in total.